The summed E-state index contributed by atoms with van der Waals surface area (Å²) in [5, 5.41) is 3.52. The van der Waals surface area contributed by atoms with Gasteiger partial charge in [0.2, 0.25) is 6.54 Å². The first-order chi connectivity index (χ1) is 37.5. The van der Waals surface area contributed by atoms with Crippen LogP contribution in [0.3, 0.4) is 0 Å². The van der Waals surface area contributed by atoms with Crippen molar-refractivity contribution in [1.29, 1.82) is 0 Å². The minimum absolute atomic E-state index is 0.0333. The molecule has 424 valence electrons. The van der Waals surface area contributed by atoms with E-state index in [2.05, 4.69) is 66.6 Å². The van der Waals surface area contributed by atoms with Gasteiger partial charge in [-0.05, 0) is 94.3 Å². The van der Waals surface area contributed by atoms with Gasteiger partial charge in [0.25, 0.3) is 14.1 Å². The van der Waals surface area contributed by atoms with Gasteiger partial charge in [0.15, 0.2) is 0 Å². The third kappa shape index (κ3) is 20.0. The zero-order valence-corrected chi connectivity index (χ0v) is 49.3. The minimum Gasteiger partial charge on any atom is -0.497 e. The van der Waals surface area contributed by atoms with Crippen LogP contribution in [0, 0.1) is 12.5 Å². The molecule has 13 nitrogen and oxygen atoms in total. The van der Waals surface area contributed by atoms with Crippen molar-refractivity contribution in [1.82, 2.24) is 19.5 Å². The summed E-state index contributed by atoms with van der Waals surface area (Å²) in [6.45, 7) is 19.6. The van der Waals surface area contributed by atoms with E-state index in [9.17, 15) is 9.59 Å². The topological polar surface area (TPSA) is 130 Å². The predicted molar refractivity (Wildman–Crippen MR) is 317 cm³/mol. The number of hydrogen-bond donors (Lipinski definition) is 2. The van der Waals surface area contributed by atoms with Crippen LogP contribution in [0.5, 0.6) is 11.5 Å². The number of aromatic nitrogens is 2. The van der Waals surface area contributed by atoms with Crippen molar-refractivity contribution in [3.63, 3.8) is 0 Å². The normalized spacial score (nSPS) is 17.0. The van der Waals surface area contributed by atoms with Crippen molar-refractivity contribution in [3.8, 4) is 11.5 Å². The Labute approximate surface area is 468 Å². The molecule has 2 unspecified atom stereocenters. The van der Waals surface area contributed by atoms with Crippen LogP contribution in [0.15, 0.2) is 101 Å². The Balaban J connectivity index is 1.33. The molecule has 2 heterocycles. The Morgan fingerprint density at radius 3 is 1.82 bits per heavy atom. The number of nitrogens with zero attached hydrogens (tertiary/aromatic N) is 3. The van der Waals surface area contributed by atoms with Gasteiger partial charge >= 0.3 is 5.69 Å². The zero-order valence-electron chi connectivity index (χ0n) is 47.6. The highest BCUT2D eigenvalue weighted by Crippen LogP contribution is 2.53. The van der Waals surface area contributed by atoms with E-state index < -0.39 is 43.8 Å². The first kappa shape index (κ1) is 63.4. The molecule has 1 fully saturated rings. The van der Waals surface area contributed by atoms with E-state index in [-0.39, 0.29) is 37.8 Å². The molecular formula is C62H92N5O8PS. The fourth-order valence-corrected chi connectivity index (χ4v) is 12.7. The summed E-state index contributed by atoms with van der Waals surface area (Å²) < 4.78 is 43.5. The molecular weight excluding hydrogens is 1010 g/mol. The van der Waals surface area contributed by atoms with Crippen molar-refractivity contribution in [2.75, 3.05) is 40.5 Å². The second-order valence-corrected chi connectivity index (χ2v) is 23.0. The molecule has 0 spiro atoms. The maximum Gasteiger partial charge on any atom is 0.330 e. The van der Waals surface area contributed by atoms with E-state index in [4.69, 9.17) is 46.8 Å². The number of H-pyrrole nitrogens is 1. The molecule has 5 atom stereocenters. The van der Waals surface area contributed by atoms with Gasteiger partial charge in [0.1, 0.15) is 42.1 Å². The molecule has 2 N–H and O–H groups in total. The van der Waals surface area contributed by atoms with Gasteiger partial charge in [0.05, 0.1) is 25.8 Å². The summed E-state index contributed by atoms with van der Waals surface area (Å²) in [4.78, 5) is 33.4. The van der Waals surface area contributed by atoms with E-state index in [1.165, 1.54) is 93.9 Å². The van der Waals surface area contributed by atoms with Crippen molar-refractivity contribution >= 4 is 25.7 Å². The average Bonchev–Trinajstić information content (AvgIpc) is 3.77. The Bertz CT molecular complexity index is 2360. The number of methoxy groups -OCH3 is 2. The highest BCUT2D eigenvalue weighted by Gasteiger charge is 2.50. The molecule has 0 saturated carbocycles. The number of benzene rings is 3. The maximum atomic E-state index is 13.8. The number of aromatic amines is 1. The predicted octanol–water partition coefficient (Wildman–Crippen LogP) is 14.5. The van der Waals surface area contributed by atoms with Crippen LogP contribution in [0.4, 0.5) is 0 Å². The first-order valence-corrected chi connectivity index (χ1v) is 30.4. The van der Waals surface area contributed by atoms with Gasteiger partial charge in [-0.3, -0.25) is 14.3 Å². The molecule has 3 aromatic carbocycles. The standard InChI is InChI=1S/C62H92N5O8PS/c1-9-10-11-12-13-14-15-16-17-18-19-22-28-33-58(77)64-43-29-23-20-21-27-32-55-59(75-76(73-46-44-63-6)67(48(2)3)49(4)5)56(74-60(55)66-45-42-57(68)65-61(66)69)47-72-62(50-30-25-24-26-31-50,51-34-38-53(70-7)39-35-51)52-36-40-54(71-8)41-37-52/h24-26,30-31,34-42,45,48-49,55-56,59-60H,9-23,27-29,32-33,43-44,46-47H2,1-5,7-8H3,(H,64,77)(H,65,68,69)/t55?,56-,59-,60-,76?/m1/s1. The first-order valence-electron chi connectivity index (χ1n) is 28.9. The maximum absolute atomic E-state index is 13.8. The van der Waals surface area contributed by atoms with Crippen molar-refractivity contribution in [2.24, 2.45) is 5.92 Å². The van der Waals surface area contributed by atoms with Crippen LogP contribution in [0.25, 0.3) is 4.85 Å². The lowest BCUT2D eigenvalue weighted by Gasteiger charge is -2.39. The van der Waals surface area contributed by atoms with Crippen LogP contribution < -0.4 is 26.0 Å². The summed E-state index contributed by atoms with van der Waals surface area (Å²) in [7, 11) is 1.55. The third-order valence-corrected chi connectivity index (χ3v) is 17.1. The monoisotopic (exact) mass is 1100 g/mol. The second-order valence-electron chi connectivity index (χ2n) is 21.1. The second kappa shape index (κ2) is 35.2. The lowest BCUT2D eigenvalue weighted by Crippen LogP contribution is -2.41. The molecule has 0 radical (unpaired) electrons. The molecule has 0 aliphatic carbocycles. The van der Waals surface area contributed by atoms with Gasteiger partial charge in [-0.25, -0.2) is 16.0 Å². The number of thiocarbonyl (C=S) groups is 1. The molecule has 0 bridgehead atoms. The summed E-state index contributed by atoms with van der Waals surface area (Å²) >= 11 is 5.72. The smallest absolute Gasteiger partial charge is 0.330 e. The Morgan fingerprint density at radius 1 is 0.753 bits per heavy atom. The summed E-state index contributed by atoms with van der Waals surface area (Å²) in [6, 6.07) is 27.3. The molecule has 1 aromatic heterocycles. The minimum atomic E-state index is -1.74. The van der Waals surface area contributed by atoms with Crippen LogP contribution in [0.2, 0.25) is 0 Å². The number of nitrogens with one attached hydrogen (secondary N) is 2. The van der Waals surface area contributed by atoms with Gasteiger partial charge in [-0.1, -0.05) is 176 Å². The van der Waals surface area contributed by atoms with Gasteiger partial charge < -0.3 is 38.2 Å². The van der Waals surface area contributed by atoms with Crippen LogP contribution in [0.1, 0.15) is 186 Å². The van der Waals surface area contributed by atoms with Crippen LogP contribution in [-0.4, -0.2) is 84.0 Å². The van der Waals surface area contributed by atoms with E-state index in [1.54, 1.807) is 14.2 Å². The summed E-state index contributed by atoms with van der Waals surface area (Å²) in [5.74, 6) is 1.05. The largest absolute Gasteiger partial charge is 0.497 e. The van der Waals surface area contributed by atoms with Gasteiger partial charge in [-0.15, -0.1) is 0 Å². The van der Waals surface area contributed by atoms with Crippen LogP contribution >= 0.6 is 20.7 Å². The highest BCUT2D eigenvalue weighted by molar-refractivity contribution is 7.80. The number of hydrogen-bond acceptors (Lipinski definition) is 10. The molecule has 5 rings (SSSR count). The number of ether oxygens (including phenoxy) is 4. The summed E-state index contributed by atoms with van der Waals surface area (Å²) in [6.07, 6.45) is 23.3. The molecule has 1 aliphatic rings. The van der Waals surface area contributed by atoms with E-state index in [0.29, 0.717) is 17.9 Å². The number of unbranched alkanes of at least 4 members (excludes halogenated alkanes) is 16. The molecule has 15 heteroatoms. The summed E-state index contributed by atoms with van der Waals surface area (Å²) in [5.41, 5.74) is 0.382. The van der Waals surface area contributed by atoms with Gasteiger partial charge in [0, 0.05) is 36.8 Å². The quantitative estimate of drug-likeness (QED) is 0.0146. The van der Waals surface area contributed by atoms with Gasteiger partial charge in [-0.2, -0.15) is 0 Å². The molecule has 4 aromatic rings. The fraction of sp³-hybridized carbons (Fsp3) is 0.613. The molecule has 0 amide bonds. The zero-order chi connectivity index (χ0) is 55.3. The average molecular weight is 1100 g/mol. The fourth-order valence-electron chi connectivity index (χ4n) is 10.6. The van der Waals surface area contributed by atoms with E-state index >= 15 is 0 Å². The lowest BCUT2D eigenvalue weighted by atomic mass is 9.80. The van der Waals surface area contributed by atoms with Crippen LogP contribution in [-0.2, 0) is 24.1 Å². The Hall–Kier alpha value is -4.45. The van der Waals surface area contributed by atoms with E-state index in [1.807, 2.05) is 66.7 Å². The molecule has 77 heavy (non-hydrogen) atoms. The van der Waals surface area contributed by atoms with Crippen molar-refractivity contribution in [2.45, 2.75) is 199 Å². The van der Waals surface area contributed by atoms with E-state index in [0.717, 1.165) is 73.2 Å². The van der Waals surface area contributed by atoms with Crippen molar-refractivity contribution in [3.05, 3.63) is 140 Å². The Kier molecular flexibility index (Phi) is 29.0. The highest BCUT2D eigenvalue weighted by atomic mass is 32.1. The Morgan fingerprint density at radius 2 is 1.29 bits per heavy atom. The molecule has 1 saturated heterocycles. The number of rotatable bonds is 39. The lowest BCUT2D eigenvalue weighted by molar-refractivity contribution is -0.0933. The SMILES string of the molecule is [C-]#[N+]CCOP(O[C@@H]1C(CCCCCCCNC(=S)CCCCCCCCCCCCCCC)[C@H](n2ccc(=O)[nH]c2=O)O[C@@H]1COC(c1ccccc1)(c1ccc(OC)cc1)c1ccc(OC)cc1)N(C(C)C)C(C)C. The third-order valence-electron chi connectivity index (χ3n) is 14.6. The van der Waals surface area contributed by atoms with Crippen molar-refractivity contribution < 1.29 is 28.0 Å². The molecule has 1 aliphatic heterocycles.